The lowest BCUT2D eigenvalue weighted by molar-refractivity contribution is -0.147. The van der Waals surface area contributed by atoms with Gasteiger partial charge in [0.2, 0.25) is 11.8 Å². The predicted octanol–water partition coefficient (Wildman–Crippen LogP) is 4.00. The molecule has 2 aromatic carbocycles. The van der Waals surface area contributed by atoms with Gasteiger partial charge in [-0.2, -0.15) is 0 Å². The van der Waals surface area contributed by atoms with Gasteiger partial charge in [-0.25, -0.2) is 0 Å². The second-order valence-electron chi connectivity index (χ2n) is 8.82. The van der Waals surface area contributed by atoms with Crippen LogP contribution in [0.4, 0.5) is 0 Å². The smallest absolute Gasteiger partial charge is 0.230 e. The Hall–Kier alpha value is -2.62. The summed E-state index contributed by atoms with van der Waals surface area (Å²) in [4.78, 5) is 29.9. The molecule has 0 aromatic heterocycles. The molecule has 0 bridgehead atoms. The van der Waals surface area contributed by atoms with Crippen LogP contribution >= 0.6 is 0 Å². The maximum atomic E-state index is 13.4. The molecule has 0 spiro atoms. The fourth-order valence-corrected chi connectivity index (χ4v) is 4.72. The summed E-state index contributed by atoms with van der Waals surface area (Å²) >= 11 is 0. The van der Waals surface area contributed by atoms with E-state index in [2.05, 4.69) is 30.3 Å². The highest BCUT2D eigenvalue weighted by molar-refractivity contribution is 5.86. The summed E-state index contributed by atoms with van der Waals surface area (Å²) in [7, 11) is 3.66. The number of nitrogens with zero attached hydrogens (tertiary/aromatic N) is 2. The van der Waals surface area contributed by atoms with Crippen molar-refractivity contribution in [3.63, 3.8) is 0 Å². The minimum absolute atomic E-state index is 0.133. The molecule has 2 aliphatic rings. The van der Waals surface area contributed by atoms with Crippen molar-refractivity contribution in [2.45, 2.75) is 32.1 Å². The Morgan fingerprint density at radius 1 is 1.03 bits per heavy atom. The van der Waals surface area contributed by atoms with E-state index in [1.54, 1.807) is 4.90 Å². The third-order valence-corrected chi connectivity index (χ3v) is 6.31. The van der Waals surface area contributed by atoms with Gasteiger partial charge in [0.15, 0.2) is 0 Å². The Balaban J connectivity index is 1.69. The molecule has 1 heterocycles. The Morgan fingerprint density at radius 3 is 2.41 bits per heavy atom. The number of likely N-dealkylation sites (tertiary alicyclic amines) is 1. The lowest BCUT2D eigenvalue weighted by atomic mass is 9.72. The zero-order valence-corrected chi connectivity index (χ0v) is 17.4. The molecule has 4 heteroatoms. The zero-order valence-electron chi connectivity index (χ0n) is 17.4. The van der Waals surface area contributed by atoms with E-state index in [1.807, 2.05) is 43.3 Å². The topological polar surface area (TPSA) is 40.6 Å². The maximum Gasteiger partial charge on any atom is 0.230 e. The van der Waals surface area contributed by atoms with E-state index < -0.39 is 5.41 Å². The second kappa shape index (κ2) is 8.02. The second-order valence-corrected chi connectivity index (χ2v) is 8.82. The molecule has 0 unspecified atom stereocenters. The number of carbonyl (C=O) groups excluding carboxylic acids is 2. The van der Waals surface area contributed by atoms with Crippen LogP contribution in [0.5, 0.6) is 0 Å². The Kier molecular flexibility index (Phi) is 5.44. The van der Waals surface area contributed by atoms with E-state index in [0.717, 1.165) is 37.8 Å². The highest BCUT2D eigenvalue weighted by atomic mass is 16.2. The van der Waals surface area contributed by atoms with Gasteiger partial charge >= 0.3 is 0 Å². The van der Waals surface area contributed by atoms with Gasteiger partial charge in [0, 0.05) is 33.1 Å². The van der Waals surface area contributed by atoms with E-state index in [-0.39, 0.29) is 17.7 Å². The average Bonchev–Trinajstić information content (AvgIpc) is 3.59. The molecule has 1 aliphatic heterocycles. The van der Waals surface area contributed by atoms with Gasteiger partial charge in [0.1, 0.15) is 0 Å². The molecule has 1 saturated heterocycles. The highest BCUT2D eigenvalue weighted by Crippen LogP contribution is 2.40. The van der Waals surface area contributed by atoms with Crippen molar-refractivity contribution in [3.8, 4) is 11.1 Å². The van der Waals surface area contributed by atoms with Crippen molar-refractivity contribution in [2.24, 2.45) is 11.3 Å². The maximum absolute atomic E-state index is 13.4. The molecule has 4 rings (SSSR count). The molecule has 1 saturated carbocycles. The Morgan fingerprint density at radius 2 is 1.72 bits per heavy atom. The molecular formula is C25H30N2O2. The summed E-state index contributed by atoms with van der Waals surface area (Å²) in [6, 6.07) is 18.7. The Bertz CT molecular complexity index is 889. The molecule has 0 radical (unpaired) electrons. The van der Waals surface area contributed by atoms with Crippen molar-refractivity contribution < 1.29 is 9.59 Å². The van der Waals surface area contributed by atoms with E-state index in [9.17, 15) is 9.59 Å². The summed E-state index contributed by atoms with van der Waals surface area (Å²) in [5.74, 6) is 0.572. The van der Waals surface area contributed by atoms with E-state index >= 15 is 0 Å². The number of piperidine rings is 1. The standard InChI is InChI=1S/C25H30N2O2/c1-26(2)24(29)25(15-8-16-27(18-25)23(28)20-13-14-20)17-21-11-6-7-12-22(21)19-9-4-3-5-10-19/h3-7,9-12,20H,8,13-18H2,1-2H3/t25-/m1/s1. The van der Waals surface area contributed by atoms with Gasteiger partial charge in [-0.1, -0.05) is 54.6 Å². The average molecular weight is 391 g/mol. The first-order valence-corrected chi connectivity index (χ1v) is 10.6. The van der Waals surface area contributed by atoms with Gasteiger partial charge in [0.05, 0.1) is 5.41 Å². The number of benzene rings is 2. The number of hydrogen-bond donors (Lipinski definition) is 0. The van der Waals surface area contributed by atoms with E-state index in [1.165, 1.54) is 11.1 Å². The minimum Gasteiger partial charge on any atom is -0.348 e. The van der Waals surface area contributed by atoms with Crippen molar-refractivity contribution in [3.05, 3.63) is 60.2 Å². The number of hydrogen-bond acceptors (Lipinski definition) is 2. The number of rotatable bonds is 5. The molecule has 0 N–H and O–H groups in total. The molecule has 2 amide bonds. The molecule has 2 aromatic rings. The highest BCUT2D eigenvalue weighted by Gasteiger charge is 2.46. The van der Waals surface area contributed by atoms with Gasteiger partial charge in [-0.3, -0.25) is 9.59 Å². The van der Waals surface area contributed by atoms with Crippen LogP contribution in [-0.2, 0) is 16.0 Å². The monoisotopic (exact) mass is 390 g/mol. The quantitative estimate of drug-likeness (QED) is 0.774. The summed E-state index contributed by atoms with van der Waals surface area (Å²) in [5, 5.41) is 0. The zero-order chi connectivity index (χ0) is 20.4. The lowest BCUT2D eigenvalue weighted by Gasteiger charge is -2.43. The third-order valence-electron chi connectivity index (χ3n) is 6.31. The van der Waals surface area contributed by atoms with Crippen LogP contribution in [0.15, 0.2) is 54.6 Å². The van der Waals surface area contributed by atoms with Gasteiger partial charge < -0.3 is 9.80 Å². The summed E-state index contributed by atoms with van der Waals surface area (Å²) < 4.78 is 0. The minimum atomic E-state index is -0.558. The van der Waals surface area contributed by atoms with Crippen molar-refractivity contribution in [2.75, 3.05) is 27.2 Å². The molecule has 2 fully saturated rings. The SMILES string of the molecule is CN(C)C(=O)[C@@]1(Cc2ccccc2-c2ccccc2)CCCN(C(=O)C2CC2)C1. The van der Waals surface area contributed by atoms with Crippen molar-refractivity contribution >= 4 is 11.8 Å². The molecule has 152 valence electrons. The predicted molar refractivity (Wildman–Crippen MR) is 115 cm³/mol. The van der Waals surface area contributed by atoms with E-state index in [4.69, 9.17) is 0 Å². The number of amides is 2. The first-order valence-electron chi connectivity index (χ1n) is 10.6. The van der Waals surface area contributed by atoms with Crippen LogP contribution in [0.1, 0.15) is 31.2 Å². The third kappa shape index (κ3) is 4.07. The molecule has 29 heavy (non-hydrogen) atoms. The van der Waals surface area contributed by atoms with Crippen molar-refractivity contribution in [1.29, 1.82) is 0 Å². The fraction of sp³-hybridized carbons (Fsp3) is 0.440. The summed E-state index contributed by atoms with van der Waals surface area (Å²) in [5.41, 5.74) is 2.95. The number of carbonyl (C=O) groups is 2. The van der Waals surface area contributed by atoms with Crippen LogP contribution in [0.2, 0.25) is 0 Å². The first-order chi connectivity index (χ1) is 14.0. The van der Waals surface area contributed by atoms with Crippen molar-refractivity contribution in [1.82, 2.24) is 9.80 Å². The first kappa shape index (κ1) is 19.7. The molecule has 4 nitrogen and oxygen atoms in total. The molecular weight excluding hydrogens is 360 g/mol. The van der Waals surface area contributed by atoms with Crippen LogP contribution in [-0.4, -0.2) is 48.8 Å². The van der Waals surface area contributed by atoms with E-state index in [0.29, 0.717) is 13.0 Å². The fourth-order valence-electron chi connectivity index (χ4n) is 4.72. The largest absolute Gasteiger partial charge is 0.348 e. The summed E-state index contributed by atoms with van der Waals surface area (Å²) in [6.45, 7) is 1.31. The summed E-state index contributed by atoms with van der Waals surface area (Å²) in [6.07, 6.45) is 4.36. The van der Waals surface area contributed by atoms with Gasteiger partial charge in [-0.15, -0.1) is 0 Å². The lowest BCUT2D eigenvalue weighted by Crippen LogP contribution is -2.54. The van der Waals surface area contributed by atoms with Gasteiger partial charge in [0.25, 0.3) is 0 Å². The Labute approximate surface area is 173 Å². The van der Waals surface area contributed by atoms with Crippen LogP contribution < -0.4 is 0 Å². The van der Waals surface area contributed by atoms with Crippen LogP contribution in [0.3, 0.4) is 0 Å². The molecule has 1 aliphatic carbocycles. The molecule has 1 atom stereocenters. The normalized spacial score (nSPS) is 21.7. The van der Waals surface area contributed by atoms with Crippen LogP contribution in [0.25, 0.3) is 11.1 Å². The van der Waals surface area contributed by atoms with Gasteiger partial charge in [-0.05, 0) is 48.8 Å². The van der Waals surface area contributed by atoms with Crippen LogP contribution in [0, 0.1) is 11.3 Å².